The Balaban J connectivity index is 2.05. The second kappa shape index (κ2) is 7.21. The van der Waals surface area contributed by atoms with Crippen molar-refractivity contribution in [3.8, 4) is 0 Å². The van der Waals surface area contributed by atoms with Gasteiger partial charge in [-0.1, -0.05) is 18.9 Å². The van der Waals surface area contributed by atoms with Crippen LogP contribution >= 0.6 is 0 Å². The van der Waals surface area contributed by atoms with Gasteiger partial charge in [0.05, 0.1) is 10.9 Å². The zero-order valence-corrected chi connectivity index (χ0v) is 13.6. The maximum atomic E-state index is 12.4. The first kappa shape index (κ1) is 16.9. The largest absolute Gasteiger partial charge is 0.325 e. The molecule has 1 amide bonds. The first-order chi connectivity index (χ1) is 10.4. The van der Waals surface area contributed by atoms with Crippen LogP contribution in [0, 0.1) is 0 Å². The van der Waals surface area contributed by atoms with Gasteiger partial charge in [0.1, 0.15) is 0 Å². The summed E-state index contributed by atoms with van der Waals surface area (Å²) in [6.07, 6.45) is 4.64. The van der Waals surface area contributed by atoms with Crippen molar-refractivity contribution < 1.29 is 13.2 Å². The third-order valence-corrected chi connectivity index (χ3v) is 4.91. The van der Waals surface area contributed by atoms with Crippen LogP contribution in [0.3, 0.4) is 0 Å². The Labute approximate surface area is 131 Å². The van der Waals surface area contributed by atoms with E-state index in [1.165, 1.54) is 25.0 Å². The van der Waals surface area contributed by atoms with Crippen molar-refractivity contribution in [2.45, 2.75) is 43.5 Å². The van der Waals surface area contributed by atoms with E-state index < -0.39 is 10.0 Å². The van der Waals surface area contributed by atoms with Crippen molar-refractivity contribution >= 4 is 21.6 Å². The average molecular weight is 325 g/mol. The third-order valence-electron chi connectivity index (χ3n) is 4.00. The van der Waals surface area contributed by atoms with Crippen molar-refractivity contribution in [2.24, 2.45) is 5.14 Å². The standard InChI is InChI=1S/C15H23N3O3S/c1-12(18-9-4-2-3-5-10-18)15(19)17-13-7-6-8-14(11-13)22(16,20)21/h6-8,11-12H,2-5,9-10H2,1H3,(H,17,19)(H2,16,20,21)/t12-/m0/s1. The number of nitrogens with one attached hydrogen (secondary N) is 1. The molecule has 0 saturated carbocycles. The van der Waals surface area contributed by atoms with Crippen LogP contribution in [0.5, 0.6) is 0 Å². The van der Waals surface area contributed by atoms with E-state index in [-0.39, 0.29) is 16.8 Å². The Kier molecular flexibility index (Phi) is 5.55. The van der Waals surface area contributed by atoms with E-state index in [0.717, 1.165) is 25.9 Å². The topological polar surface area (TPSA) is 92.5 Å². The smallest absolute Gasteiger partial charge is 0.241 e. The summed E-state index contributed by atoms with van der Waals surface area (Å²) in [5.74, 6) is -0.131. The molecule has 2 rings (SSSR count). The number of anilines is 1. The van der Waals surface area contributed by atoms with Gasteiger partial charge >= 0.3 is 0 Å². The van der Waals surface area contributed by atoms with Crippen molar-refractivity contribution in [3.63, 3.8) is 0 Å². The number of hydrogen-bond donors (Lipinski definition) is 2. The first-order valence-electron chi connectivity index (χ1n) is 7.56. The summed E-state index contributed by atoms with van der Waals surface area (Å²) in [5, 5.41) is 7.87. The van der Waals surface area contributed by atoms with Gasteiger partial charge in [0.25, 0.3) is 0 Å². The number of carbonyl (C=O) groups is 1. The van der Waals surface area contributed by atoms with Gasteiger partial charge in [-0.05, 0) is 51.1 Å². The van der Waals surface area contributed by atoms with E-state index in [4.69, 9.17) is 5.14 Å². The molecule has 22 heavy (non-hydrogen) atoms. The number of hydrogen-bond acceptors (Lipinski definition) is 4. The quantitative estimate of drug-likeness (QED) is 0.878. The van der Waals surface area contributed by atoms with Gasteiger partial charge in [-0.15, -0.1) is 0 Å². The summed E-state index contributed by atoms with van der Waals surface area (Å²) in [4.78, 5) is 14.5. The molecule has 1 heterocycles. The molecule has 3 N–H and O–H groups in total. The predicted octanol–water partition coefficient (Wildman–Crippen LogP) is 1.54. The van der Waals surface area contributed by atoms with Gasteiger partial charge in [0.15, 0.2) is 0 Å². The lowest BCUT2D eigenvalue weighted by atomic mass is 10.2. The predicted molar refractivity (Wildman–Crippen MR) is 85.9 cm³/mol. The second-order valence-electron chi connectivity index (χ2n) is 5.69. The number of benzene rings is 1. The van der Waals surface area contributed by atoms with Crippen LogP contribution in [0.1, 0.15) is 32.6 Å². The molecule has 122 valence electrons. The van der Waals surface area contributed by atoms with Crippen molar-refractivity contribution in [1.82, 2.24) is 4.90 Å². The number of carbonyl (C=O) groups excluding carboxylic acids is 1. The molecule has 0 bridgehead atoms. The lowest BCUT2D eigenvalue weighted by Crippen LogP contribution is -2.42. The summed E-state index contributed by atoms with van der Waals surface area (Å²) in [6.45, 7) is 3.72. The SMILES string of the molecule is C[C@@H](C(=O)Nc1cccc(S(N)(=O)=O)c1)N1CCCCCC1. The molecule has 1 atom stereocenters. The molecular weight excluding hydrogens is 302 g/mol. The van der Waals surface area contributed by atoms with Crippen molar-refractivity contribution in [2.75, 3.05) is 18.4 Å². The van der Waals surface area contributed by atoms with Crippen LogP contribution < -0.4 is 10.5 Å². The normalized spacial score (nSPS) is 18.5. The Morgan fingerprint density at radius 1 is 1.23 bits per heavy atom. The Morgan fingerprint density at radius 2 is 1.86 bits per heavy atom. The Hall–Kier alpha value is -1.44. The molecule has 6 nitrogen and oxygen atoms in total. The molecule has 7 heteroatoms. The minimum absolute atomic E-state index is 0.00674. The van der Waals surface area contributed by atoms with Gasteiger partial charge in [-0.2, -0.15) is 0 Å². The third kappa shape index (κ3) is 4.53. The van der Waals surface area contributed by atoms with Gasteiger partial charge in [-0.3, -0.25) is 9.69 Å². The summed E-state index contributed by atoms with van der Waals surface area (Å²) in [5.41, 5.74) is 0.443. The van der Waals surface area contributed by atoms with E-state index in [9.17, 15) is 13.2 Å². The lowest BCUT2D eigenvalue weighted by molar-refractivity contribution is -0.120. The second-order valence-corrected chi connectivity index (χ2v) is 7.25. The fourth-order valence-corrected chi connectivity index (χ4v) is 3.21. The molecule has 1 aromatic carbocycles. The highest BCUT2D eigenvalue weighted by Gasteiger charge is 2.22. The number of primary sulfonamides is 1. The monoisotopic (exact) mass is 325 g/mol. The van der Waals surface area contributed by atoms with E-state index >= 15 is 0 Å². The summed E-state index contributed by atoms with van der Waals surface area (Å²) >= 11 is 0. The van der Waals surface area contributed by atoms with Crippen LogP contribution in [0.25, 0.3) is 0 Å². The molecule has 0 aliphatic carbocycles. The highest BCUT2D eigenvalue weighted by molar-refractivity contribution is 7.89. The van der Waals surface area contributed by atoms with Gasteiger partial charge < -0.3 is 5.32 Å². The summed E-state index contributed by atoms with van der Waals surface area (Å²) in [6, 6.07) is 5.76. The van der Waals surface area contributed by atoms with Crippen molar-refractivity contribution in [3.05, 3.63) is 24.3 Å². The van der Waals surface area contributed by atoms with Gasteiger partial charge in [0.2, 0.25) is 15.9 Å². The van der Waals surface area contributed by atoms with Crippen LogP contribution in [-0.4, -0.2) is 38.4 Å². The van der Waals surface area contributed by atoms with E-state index in [1.807, 2.05) is 6.92 Å². The van der Waals surface area contributed by atoms with Crippen LogP contribution in [0.15, 0.2) is 29.2 Å². The molecule has 1 fully saturated rings. The van der Waals surface area contributed by atoms with E-state index in [1.54, 1.807) is 12.1 Å². The Morgan fingerprint density at radius 3 is 2.45 bits per heavy atom. The zero-order chi connectivity index (χ0) is 16.2. The van der Waals surface area contributed by atoms with Crippen LogP contribution in [0.4, 0.5) is 5.69 Å². The molecule has 1 aromatic rings. The molecular formula is C15H23N3O3S. The van der Waals surface area contributed by atoms with Crippen molar-refractivity contribution in [1.29, 1.82) is 0 Å². The number of nitrogens with zero attached hydrogens (tertiary/aromatic N) is 1. The molecule has 1 saturated heterocycles. The first-order valence-corrected chi connectivity index (χ1v) is 9.10. The molecule has 0 spiro atoms. The molecule has 1 aliphatic heterocycles. The highest BCUT2D eigenvalue weighted by Crippen LogP contribution is 2.16. The van der Waals surface area contributed by atoms with Crippen LogP contribution in [0.2, 0.25) is 0 Å². The number of nitrogens with two attached hydrogens (primary N) is 1. The summed E-state index contributed by atoms with van der Waals surface area (Å²) in [7, 11) is -3.77. The minimum atomic E-state index is -3.77. The molecule has 0 radical (unpaired) electrons. The van der Waals surface area contributed by atoms with Gasteiger partial charge in [-0.25, -0.2) is 13.6 Å². The Bertz CT molecular complexity index is 623. The highest BCUT2D eigenvalue weighted by atomic mass is 32.2. The zero-order valence-electron chi connectivity index (χ0n) is 12.8. The molecule has 0 unspecified atom stereocenters. The number of amides is 1. The maximum absolute atomic E-state index is 12.4. The lowest BCUT2D eigenvalue weighted by Gasteiger charge is -2.26. The van der Waals surface area contributed by atoms with E-state index in [2.05, 4.69) is 10.2 Å². The number of sulfonamides is 1. The van der Waals surface area contributed by atoms with E-state index in [0.29, 0.717) is 5.69 Å². The number of rotatable bonds is 4. The minimum Gasteiger partial charge on any atom is -0.325 e. The van der Waals surface area contributed by atoms with Crippen LogP contribution in [-0.2, 0) is 14.8 Å². The maximum Gasteiger partial charge on any atom is 0.241 e. The van der Waals surface area contributed by atoms with Gasteiger partial charge in [0, 0.05) is 5.69 Å². The fraction of sp³-hybridized carbons (Fsp3) is 0.533. The average Bonchev–Trinajstić information content (AvgIpc) is 2.75. The number of likely N-dealkylation sites (tertiary alicyclic amines) is 1. The summed E-state index contributed by atoms with van der Waals surface area (Å²) < 4.78 is 22.7. The fourth-order valence-electron chi connectivity index (χ4n) is 2.65. The molecule has 0 aromatic heterocycles. The molecule has 1 aliphatic rings.